The number of fused-ring (bicyclic) bond motifs is 1. The first kappa shape index (κ1) is 22.4. The van der Waals surface area contributed by atoms with Crippen LogP contribution in [0.2, 0.25) is 0 Å². The summed E-state index contributed by atoms with van der Waals surface area (Å²) in [5.74, 6) is 0.827. The molecule has 0 fully saturated rings. The number of ether oxygens (including phenoxy) is 3. The van der Waals surface area contributed by atoms with Crippen molar-refractivity contribution >= 4 is 16.9 Å². The molecule has 4 aromatic rings. The van der Waals surface area contributed by atoms with Gasteiger partial charge < -0.3 is 24.4 Å². The van der Waals surface area contributed by atoms with Crippen molar-refractivity contribution in [3.63, 3.8) is 0 Å². The topological polar surface area (TPSA) is 83.9 Å². The van der Waals surface area contributed by atoms with Gasteiger partial charge in [0, 0.05) is 23.1 Å². The number of furan rings is 1. The van der Waals surface area contributed by atoms with E-state index in [1.165, 1.54) is 0 Å². The minimum absolute atomic E-state index is 0.0704. The highest BCUT2D eigenvalue weighted by Crippen LogP contribution is 2.32. The van der Waals surface area contributed by atoms with E-state index >= 15 is 0 Å². The van der Waals surface area contributed by atoms with Crippen LogP contribution in [0.1, 0.15) is 23.6 Å². The third kappa shape index (κ3) is 5.02. The lowest BCUT2D eigenvalue weighted by atomic mass is 10.0. The van der Waals surface area contributed by atoms with Crippen molar-refractivity contribution < 1.29 is 23.4 Å². The zero-order valence-corrected chi connectivity index (χ0v) is 18.8. The van der Waals surface area contributed by atoms with Crippen molar-refractivity contribution in [3.8, 4) is 22.6 Å². The van der Waals surface area contributed by atoms with Crippen LogP contribution in [0.4, 0.5) is 0 Å². The van der Waals surface area contributed by atoms with Gasteiger partial charge in [-0.25, -0.2) is 0 Å². The average Bonchev–Trinajstić information content (AvgIpc) is 3.25. The second kappa shape index (κ2) is 10.2. The molecule has 6 nitrogen and oxygen atoms in total. The maximum absolute atomic E-state index is 12.1. The number of benzene rings is 3. The third-order valence-electron chi connectivity index (χ3n) is 5.47. The maximum Gasteiger partial charge on any atom is 0.310 e. The fourth-order valence-corrected chi connectivity index (χ4v) is 3.81. The Morgan fingerprint density at radius 2 is 1.79 bits per heavy atom. The molecule has 33 heavy (non-hydrogen) atoms. The van der Waals surface area contributed by atoms with Gasteiger partial charge in [0.1, 0.15) is 23.7 Å². The second-order valence-electron chi connectivity index (χ2n) is 7.58. The van der Waals surface area contributed by atoms with Crippen LogP contribution < -0.4 is 15.2 Å². The van der Waals surface area contributed by atoms with Crippen LogP contribution in [0.15, 0.2) is 71.3 Å². The zero-order valence-electron chi connectivity index (χ0n) is 18.8. The summed E-state index contributed by atoms with van der Waals surface area (Å²) >= 11 is 0. The van der Waals surface area contributed by atoms with Crippen LogP contribution in [0, 0.1) is 0 Å². The Morgan fingerprint density at radius 1 is 1.00 bits per heavy atom. The summed E-state index contributed by atoms with van der Waals surface area (Å²) in [5.41, 5.74) is 11.4. The first-order valence-electron chi connectivity index (χ1n) is 10.9. The van der Waals surface area contributed by atoms with Crippen molar-refractivity contribution in [1.82, 2.24) is 0 Å². The number of esters is 1. The molecule has 0 aliphatic rings. The molecular formula is C27H27NO5. The standard InChI is InChI=1S/C27H27NO5/c1-3-31-27(29)14-23-24(30-2)8-5-9-25(23)32-16-21-17-33-26-11-10-20(13-22(21)26)19-7-4-6-18(12-19)15-28/h4-13,17H,3,14-16,28H2,1-2H3. The molecule has 1 aromatic heterocycles. The number of carbonyl (C=O) groups is 1. The fraction of sp³-hybridized carbons (Fsp3) is 0.222. The molecule has 0 unspecified atom stereocenters. The van der Waals surface area contributed by atoms with E-state index in [0.717, 1.165) is 33.2 Å². The molecule has 0 saturated heterocycles. The van der Waals surface area contributed by atoms with E-state index < -0.39 is 0 Å². The number of nitrogens with two attached hydrogens (primary N) is 1. The molecule has 170 valence electrons. The number of hydrogen-bond donors (Lipinski definition) is 1. The predicted molar refractivity (Wildman–Crippen MR) is 127 cm³/mol. The molecule has 0 aliphatic heterocycles. The van der Waals surface area contributed by atoms with Crippen molar-refractivity contribution in [1.29, 1.82) is 0 Å². The summed E-state index contributed by atoms with van der Waals surface area (Å²) in [5, 5.41) is 0.973. The Balaban J connectivity index is 1.61. The molecule has 1 heterocycles. The predicted octanol–water partition coefficient (Wildman–Crippen LogP) is 5.25. The summed E-state index contributed by atoms with van der Waals surface area (Å²) in [6.45, 7) is 2.88. The molecule has 0 atom stereocenters. The molecule has 2 N–H and O–H groups in total. The number of rotatable bonds is 9. The number of methoxy groups -OCH3 is 1. The van der Waals surface area contributed by atoms with Crippen LogP contribution in [-0.4, -0.2) is 19.7 Å². The van der Waals surface area contributed by atoms with E-state index in [4.69, 9.17) is 24.4 Å². The average molecular weight is 446 g/mol. The Bertz CT molecular complexity index is 1260. The smallest absolute Gasteiger partial charge is 0.310 e. The van der Waals surface area contributed by atoms with E-state index in [-0.39, 0.29) is 19.0 Å². The quantitative estimate of drug-likeness (QED) is 0.354. The lowest BCUT2D eigenvalue weighted by Crippen LogP contribution is -2.10. The highest BCUT2D eigenvalue weighted by atomic mass is 16.5. The van der Waals surface area contributed by atoms with Crippen LogP contribution in [0.5, 0.6) is 11.5 Å². The molecule has 4 rings (SSSR count). The van der Waals surface area contributed by atoms with Gasteiger partial charge in [0.05, 0.1) is 26.4 Å². The van der Waals surface area contributed by atoms with Crippen molar-refractivity contribution in [3.05, 3.63) is 83.6 Å². The van der Waals surface area contributed by atoms with Crippen LogP contribution in [-0.2, 0) is 29.1 Å². The van der Waals surface area contributed by atoms with Gasteiger partial charge in [0.2, 0.25) is 0 Å². The van der Waals surface area contributed by atoms with Crippen LogP contribution in [0.3, 0.4) is 0 Å². The molecule has 0 bridgehead atoms. The highest BCUT2D eigenvalue weighted by molar-refractivity contribution is 5.86. The molecule has 0 saturated carbocycles. The fourth-order valence-electron chi connectivity index (χ4n) is 3.81. The summed E-state index contributed by atoms with van der Waals surface area (Å²) in [7, 11) is 1.57. The summed E-state index contributed by atoms with van der Waals surface area (Å²) in [4.78, 5) is 12.1. The molecule has 6 heteroatoms. The monoisotopic (exact) mass is 445 g/mol. The Labute approximate surface area is 192 Å². The van der Waals surface area contributed by atoms with E-state index in [0.29, 0.717) is 30.2 Å². The maximum atomic E-state index is 12.1. The van der Waals surface area contributed by atoms with E-state index in [1.807, 2.05) is 36.4 Å². The van der Waals surface area contributed by atoms with Gasteiger partial charge in [0.15, 0.2) is 0 Å². The third-order valence-corrected chi connectivity index (χ3v) is 5.47. The normalized spacial score (nSPS) is 10.9. The minimum Gasteiger partial charge on any atom is -0.496 e. The van der Waals surface area contributed by atoms with Crippen LogP contribution >= 0.6 is 0 Å². The van der Waals surface area contributed by atoms with Crippen molar-refractivity contribution in [2.45, 2.75) is 26.5 Å². The van der Waals surface area contributed by atoms with Crippen molar-refractivity contribution in [2.24, 2.45) is 5.73 Å². The summed E-state index contributed by atoms with van der Waals surface area (Å²) in [6.07, 6.45) is 1.77. The summed E-state index contributed by atoms with van der Waals surface area (Å²) in [6, 6.07) is 19.7. The van der Waals surface area contributed by atoms with Gasteiger partial charge in [-0.15, -0.1) is 0 Å². The lowest BCUT2D eigenvalue weighted by molar-refractivity contribution is -0.142. The molecule has 0 aliphatic carbocycles. The van der Waals surface area contributed by atoms with Gasteiger partial charge in [-0.3, -0.25) is 4.79 Å². The first-order valence-corrected chi connectivity index (χ1v) is 10.9. The van der Waals surface area contributed by atoms with Gasteiger partial charge in [-0.1, -0.05) is 30.3 Å². The SMILES string of the molecule is CCOC(=O)Cc1c(OC)cccc1OCc1coc2ccc(-c3cccc(CN)c3)cc12. The lowest BCUT2D eigenvalue weighted by Gasteiger charge is -2.14. The molecular weight excluding hydrogens is 418 g/mol. The minimum atomic E-state index is -0.329. The van der Waals surface area contributed by atoms with E-state index in [9.17, 15) is 4.79 Å². The largest absolute Gasteiger partial charge is 0.496 e. The number of hydrogen-bond acceptors (Lipinski definition) is 6. The molecule has 0 amide bonds. The van der Waals surface area contributed by atoms with Crippen LogP contribution in [0.25, 0.3) is 22.1 Å². The van der Waals surface area contributed by atoms with E-state index in [1.54, 1.807) is 26.4 Å². The molecule has 0 spiro atoms. The number of carbonyl (C=O) groups excluding carboxylic acids is 1. The Morgan fingerprint density at radius 3 is 2.58 bits per heavy atom. The zero-order chi connectivity index (χ0) is 23.2. The Kier molecular flexibility index (Phi) is 6.95. The van der Waals surface area contributed by atoms with E-state index in [2.05, 4.69) is 18.2 Å². The van der Waals surface area contributed by atoms with Gasteiger partial charge in [0.25, 0.3) is 0 Å². The second-order valence-corrected chi connectivity index (χ2v) is 7.58. The molecule has 3 aromatic carbocycles. The van der Waals surface area contributed by atoms with Crippen molar-refractivity contribution in [2.75, 3.05) is 13.7 Å². The highest BCUT2D eigenvalue weighted by Gasteiger charge is 2.16. The van der Waals surface area contributed by atoms with Gasteiger partial charge in [-0.05, 0) is 53.9 Å². The molecule has 0 radical (unpaired) electrons. The first-order chi connectivity index (χ1) is 16.1. The van der Waals surface area contributed by atoms with Gasteiger partial charge in [-0.2, -0.15) is 0 Å². The Hall–Kier alpha value is -3.77. The summed E-state index contributed by atoms with van der Waals surface area (Å²) < 4.78 is 22.4. The van der Waals surface area contributed by atoms with Gasteiger partial charge >= 0.3 is 5.97 Å².